The fourth-order valence-corrected chi connectivity index (χ4v) is 0. The van der Waals surface area contributed by atoms with Crippen LogP contribution in [0.2, 0.25) is 0 Å². The van der Waals surface area contributed by atoms with E-state index < -0.39 is 5.91 Å². The quantitative estimate of drug-likeness (QED) is 0.133. The topological polar surface area (TPSA) is 133 Å². The Bertz CT molecular complexity index is 61.3. The van der Waals surface area contributed by atoms with E-state index in [9.17, 15) is 0 Å². The first-order valence-electron chi connectivity index (χ1n) is 1.61. The van der Waals surface area contributed by atoms with E-state index in [0.717, 1.165) is 0 Å². The molecule has 0 amide bonds. The van der Waals surface area contributed by atoms with Crippen LogP contribution in [0.15, 0.2) is 0 Å². The molecule has 0 radical (unpaired) electrons. The molecule has 0 aromatic carbocycles. The third-order valence-electron chi connectivity index (χ3n) is 0.447. The average Bonchev–Trinajstić information content (AvgIpc) is 1.31. The molecular weight excluding hydrogens is 226 g/mol. The first-order valence-corrected chi connectivity index (χ1v) is 1.61. The molecule has 0 fully saturated rings. The van der Waals surface area contributed by atoms with Gasteiger partial charge >= 0.3 is 16.5 Å². The minimum absolute atomic E-state index is 0. The summed E-state index contributed by atoms with van der Waals surface area (Å²) in [5.41, 5.74) is 14.7. The van der Waals surface area contributed by atoms with E-state index in [2.05, 4.69) is 0 Å². The molecule has 0 saturated carbocycles. The van der Waals surface area contributed by atoms with Crippen LogP contribution >= 0.6 is 0 Å². The van der Waals surface area contributed by atoms with Crippen molar-refractivity contribution in [2.75, 3.05) is 0 Å². The van der Waals surface area contributed by atoms with Crippen molar-refractivity contribution < 1.29 is 41.3 Å². The van der Waals surface area contributed by atoms with Crippen molar-refractivity contribution >= 4 is 0 Å². The van der Waals surface area contributed by atoms with E-state index in [1.165, 1.54) is 0 Å². The van der Waals surface area contributed by atoms with Gasteiger partial charge in [-0.05, 0) is 0 Å². The maximum absolute atomic E-state index is 4.91. The molecule has 0 aliphatic carbocycles. The average molecular weight is 236 g/mol. The zero-order valence-electron chi connectivity index (χ0n) is 4.91. The third kappa shape index (κ3) is 11.6. The van der Waals surface area contributed by atoms with Gasteiger partial charge in [0.05, 0.1) is 0 Å². The number of nitrogens with two attached hydrogens (primary N) is 5. The van der Waals surface area contributed by atoms with Gasteiger partial charge in [-0.1, -0.05) is 0 Å². The Morgan fingerprint density at radius 1 is 0.900 bits per heavy atom. The minimum Gasteiger partial charge on any atom is -1.00 e. The van der Waals surface area contributed by atoms with Crippen molar-refractivity contribution in [1.82, 2.24) is 5.12 Å². The summed E-state index contributed by atoms with van der Waals surface area (Å²) in [6.45, 7) is 0. The molecule has 10 N–H and O–H groups in total. The summed E-state index contributed by atoms with van der Waals surface area (Å²) in [4.78, 5) is 0. The van der Waals surface area contributed by atoms with Crippen molar-refractivity contribution in [2.24, 2.45) is 28.9 Å². The van der Waals surface area contributed by atoms with Gasteiger partial charge in [0.25, 0.3) is 0 Å². The van der Waals surface area contributed by atoms with Gasteiger partial charge in [0.2, 0.25) is 5.91 Å². The van der Waals surface area contributed by atoms with Crippen molar-refractivity contribution in [2.45, 2.75) is 5.91 Å². The SMILES string of the molecule is NN(N)C(N)(N)N.[Cl-].[Cl-].[Ni+2]. The van der Waals surface area contributed by atoms with Gasteiger partial charge in [-0.15, -0.1) is 5.12 Å². The maximum atomic E-state index is 4.91. The second kappa shape index (κ2) is 7.94. The summed E-state index contributed by atoms with van der Waals surface area (Å²) in [6.07, 6.45) is 0. The minimum atomic E-state index is -1.61. The molecule has 0 bridgehead atoms. The van der Waals surface area contributed by atoms with E-state index in [1.807, 2.05) is 0 Å². The molecule has 0 aliphatic rings. The van der Waals surface area contributed by atoms with Gasteiger partial charge in [0, 0.05) is 0 Å². The molecule has 9 heteroatoms. The molecule has 6 nitrogen and oxygen atoms in total. The van der Waals surface area contributed by atoms with Crippen LogP contribution in [0.5, 0.6) is 0 Å². The van der Waals surface area contributed by atoms with E-state index >= 15 is 0 Å². The predicted octanol–water partition coefficient (Wildman–Crippen LogP) is -9.47. The van der Waals surface area contributed by atoms with Crippen molar-refractivity contribution in [3.05, 3.63) is 0 Å². The molecule has 0 atom stereocenters. The molecule has 0 aliphatic heterocycles. The molecule has 0 aromatic heterocycles. The second-order valence-corrected chi connectivity index (χ2v) is 1.29. The molecule has 0 unspecified atom stereocenters. The Morgan fingerprint density at radius 2 is 1.00 bits per heavy atom. The standard InChI is InChI=1S/CH10N6.2ClH.Ni/c2-1(3,4)7(5)6;;;/h2-6H2;2*1H;/q;;;+2/p-2. The zero-order valence-corrected chi connectivity index (χ0v) is 7.41. The smallest absolute Gasteiger partial charge is 1.00 e. The van der Waals surface area contributed by atoms with Gasteiger partial charge in [-0.2, -0.15) is 0 Å². The fourth-order valence-electron chi connectivity index (χ4n) is 0. The van der Waals surface area contributed by atoms with Crippen molar-refractivity contribution in [1.29, 1.82) is 0 Å². The summed E-state index contributed by atoms with van der Waals surface area (Å²) >= 11 is 0. The Kier molecular flexibility index (Phi) is 17.8. The predicted molar refractivity (Wildman–Crippen MR) is 25.5 cm³/mol. The number of hydrogen-bond donors (Lipinski definition) is 5. The fraction of sp³-hybridized carbons (Fsp3) is 1.00. The number of hydrogen-bond acceptors (Lipinski definition) is 6. The molecule has 0 spiro atoms. The van der Waals surface area contributed by atoms with E-state index in [1.54, 1.807) is 0 Å². The first-order chi connectivity index (χ1) is 2.94. The van der Waals surface area contributed by atoms with E-state index in [4.69, 9.17) is 28.9 Å². The summed E-state index contributed by atoms with van der Waals surface area (Å²) < 4.78 is 0. The van der Waals surface area contributed by atoms with E-state index in [0.29, 0.717) is 5.12 Å². The largest absolute Gasteiger partial charge is 2.00 e. The van der Waals surface area contributed by atoms with Gasteiger partial charge in [-0.3, -0.25) is 28.9 Å². The molecule has 0 aromatic rings. The molecule has 0 rings (SSSR count). The second-order valence-electron chi connectivity index (χ2n) is 1.29. The van der Waals surface area contributed by atoms with E-state index in [-0.39, 0.29) is 41.3 Å². The Labute approximate surface area is 81.5 Å². The van der Waals surface area contributed by atoms with Gasteiger partial charge in [0.1, 0.15) is 0 Å². The van der Waals surface area contributed by atoms with Crippen LogP contribution < -0.4 is 53.7 Å². The molecule has 0 saturated heterocycles. The van der Waals surface area contributed by atoms with Crippen LogP contribution in [0.25, 0.3) is 0 Å². The van der Waals surface area contributed by atoms with Crippen LogP contribution in [-0.4, -0.2) is 11.0 Å². The first kappa shape index (κ1) is 22.4. The summed E-state index contributed by atoms with van der Waals surface area (Å²) in [7, 11) is 0. The Balaban J connectivity index is -0.0000000600. The molecule has 10 heavy (non-hydrogen) atoms. The Hall–Kier alpha value is 0.834. The number of halogens is 2. The van der Waals surface area contributed by atoms with Crippen LogP contribution in [0.1, 0.15) is 0 Å². The van der Waals surface area contributed by atoms with Gasteiger partial charge in [-0.25, -0.2) is 0 Å². The monoisotopic (exact) mass is 234 g/mol. The Morgan fingerprint density at radius 3 is 1.00 bits per heavy atom. The van der Waals surface area contributed by atoms with Crippen LogP contribution in [0, 0.1) is 0 Å². The normalized spacial score (nSPS) is 9.00. The number of rotatable bonds is 1. The third-order valence-corrected chi connectivity index (χ3v) is 0.447. The van der Waals surface area contributed by atoms with Crippen LogP contribution in [0.3, 0.4) is 0 Å². The summed E-state index contributed by atoms with van der Waals surface area (Å²) in [6, 6.07) is 0. The molecule has 0 heterocycles. The molecular formula is CH10Cl2N6Ni. The summed E-state index contributed by atoms with van der Waals surface area (Å²) in [5, 5.41) is 0.521. The van der Waals surface area contributed by atoms with Gasteiger partial charge in [0.15, 0.2) is 0 Å². The number of hydrazine groups is 2. The number of nitrogens with zero attached hydrogens (tertiary/aromatic N) is 1. The zero-order chi connectivity index (χ0) is 6.08. The van der Waals surface area contributed by atoms with Gasteiger partial charge < -0.3 is 24.8 Å². The van der Waals surface area contributed by atoms with Crippen molar-refractivity contribution in [3.63, 3.8) is 0 Å². The molecule has 68 valence electrons. The summed E-state index contributed by atoms with van der Waals surface area (Å²) in [5.74, 6) is 8.00. The van der Waals surface area contributed by atoms with Crippen molar-refractivity contribution in [3.8, 4) is 0 Å². The van der Waals surface area contributed by atoms with Crippen LogP contribution in [0.4, 0.5) is 0 Å². The van der Waals surface area contributed by atoms with Crippen LogP contribution in [-0.2, 0) is 16.5 Å². The maximum Gasteiger partial charge on any atom is 2.00 e.